The SMILES string of the molecule is C#CCSC(=S)OC(C)CCc1c(OC)cc(OC)cc1OC. The standard InChI is InChI=1S/C17H22O4S2/c1-6-9-23-17(22)21-12(2)7-8-14-15(19-4)10-13(18-3)11-16(14)20-5/h1,10-12H,7-9H2,2-5H3. The highest BCUT2D eigenvalue weighted by molar-refractivity contribution is 8.22. The summed E-state index contributed by atoms with van der Waals surface area (Å²) in [6.45, 7) is 1.98. The number of hydrogen-bond acceptors (Lipinski definition) is 6. The summed E-state index contributed by atoms with van der Waals surface area (Å²) >= 11 is 6.49. The molecule has 0 saturated carbocycles. The maximum Gasteiger partial charge on any atom is 0.221 e. The van der Waals surface area contributed by atoms with Crippen molar-refractivity contribution in [3.63, 3.8) is 0 Å². The molecule has 1 aromatic carbocycles. The minimum Gasteiger partial charge on any atom is -0.496 e. The van der Waals surface area contributed by atoms with Gasteiger partial charge >= 0.3 is 0 Å². The molecule has 0 aromatic heterocycles. The van der Waals surface area contributed by atoms with Gasteiger partial charge in [0.15, 0.2) is 0 Å². The molecule has 1 aromatic rings. The molecule has 0 aliphatic carbocycles. The molecular formula is C17H22O4S2. The maximum absolute atomic E-state index is 5.66. The zero-order valence-corrected chi connectivity index (χ0v) is 15.5. The molecule has 0 fully saturated rings. The van der Waals surface area contributed by atoms with E-state index in [1.165, 1.54) is 11.8 Å². The van der Waals surface area contributed by atoms with E-state index in [0.29, 0.717) is 15.9 Å². The highest BCUT2D eigenvalue weighted by atomic mass is 32.2. The molecule has 0 spiro atoms. The van der Waals surface area contributed by atoms with Crippen LogP contribution in [0, 0.1) is 12.3 Å². The van der Waals surface area contributed by atoms with Crippen molar-refractivity contribution >= 4 is 28.4 Å². The van der Waals surface area contributed by atoms with Crippen molar-refractivity contribution in [3.8, 4) is 29.6 Å². The summed E-state index contributed by atoms with van der Waals surface area (Å²) in [5, 5.41) is 0. The summed E-state index contributed by atoms with van der Waals surface area (Å²) in [5.74, 6) is 5.20. The molecule has 0 aliphatic heterocycles. The van der Waals surface area contributed by atoms with Crippen LogP contribution < -0.4 is 14.2 Å². The number of methoxy groups -OCH3 is 3. The van der Waals surface area contributed by atoms with Crippen LogP contribution in [0.15, 0.2) is 12.1 Å². The maximum atomic E-state index is 5.66. The number of ether oxygens (including phenoxy) is 4. The predicted octanol–water partition coefficient (Wildman–Crippen LogP) is 3.70. The first-order chi connectivity index (χ1) is 11.0. The Morgan fingerprint density at radius 3 is 2.30 bits per heavy atom. The highest BCUT2D eigenvalue weighted by Crippen LogP contribution is 2.35. The second-order valence-corrected chi connectivity index (χ2v) is 6.30. The Morgan fingerprint density at radius 2 is 1.83 bits per heavy atom. The van der Waals surface area contributed by atoms with Gasteiger partial charge in [0, 0.05) is 17.7 Å². The van der Waals surface area contributed by atoms with Gasteiger partial charge in [-0.1, -0.05) is 17.7 Å². The van der Waals surface area contributed by atoms with E-state index in [2.05, 4.69) is 5.92 Å². The lowest BCUT2D eigenvalue weighted by Gasteiger charge is -2.18. The van der Waals surface area contributed by atoms with Crippen LogP contribution in [0.3, 0.4) is 0 Å². The lowest BCUT2D eigenvalue weighted by Crippen LogP contribution is -2.13. The second kappa shape index (κ2) is 10.2. The first-order valence-electron chi connectivity index (χ1n) is 7.11. The topological polar surface area (TPSA) is 36.9 Å². The fraction of sp³-hybridized carbons (Fsp3) is 0.471. The number of thioether (sulfide) groups is 1. The molecule has 0 radical (unpaired) electrons. The molecule has 4 nitrogen and oxygen atoms in total. The van der Waals surface area contributed by atoms with E-state index in [4.69, 9.17) is 37.6 Å². The van der Waals surface area contributed by atoms with Crippen LogP contribution in [-0.2, 0) is 11.2 Å². The van der Waals surface area contributed by atoms with E-state index in [0.717, 1.165) is 29.9 Å². The summed E-state index contributed by atoms with van der Waals surface area (Å²) in [7, 11) is 4.87. The zero-order chi connectivity index (χ0) is 17.2. The van der Waals surface area contributed by atoms with Gasteiger partial charge < -0.3 is 18.9 Å². The lowest BCUT2D eigenvalue weighted by atomic mass is 10.0. The predicted molar refractivity (Wildman–Crippen MR) is 98.9 cm³/mol. The third kappa shape index (κ3) is 6.20. The van der Waals surface area contributed by atoms with Crippen molar-refractivity contribution < 1.29 is 18.9 Å². The number of thiocarbonyl (C=S) groups is 1. The summed E-state index contributed by atoms with van der Waals surface area (Å²) in [6.07, 6.45) is 6.69. The minimum atomic E-state index is -0.0238. The molecule has 0 amide bonds. The Morgan fingerprint density at radius 1 is 1.22 bits per heavy atom. The quantitative estimate of drug-likeness (QED) is 0.523. The summed E-state index contributed by atoms with van der Waals surface area (Å²) in [6, 6.07) is 3.69. The Labute approximate surface area is 147 Å². The Bertz CT molecular complexity index is 541. The van der Waals surface area contributed by atoms with E-state index < -0.39 is 0 Å². The van der Waals surface area contributed by atoms with Crippen molar-refractivity contribution in [3.05, 3.63) is 17.7 Å². The summed E-state index contributed by atoms with van der Waals surface area (Å²) in [5.41, 5.74) is 0.980. The first kappa shape index (κ1) is 19.5. The van der Waals surface area contributed by atoms with E-state index >= 15 is 0 Å². The monoisotopic (exact) mass is 354 g/mol. The number of terminal acetylenes is 1. The van der Waals surface area contributed by atoms with Crippen LogP contribution in [0.5, 0.6) is 17.2 Å². The number of benzene rings is 1. The molecule has 0 heterocycles. The molecule has 0 N–H and O–H groups in total. The Kier molecular flexibility index (Phi) is 8.67. The molecule has 0 aliphatic rings. The first-order valence-corrected chi connectivity index (χ1v) is 8.50. The summed E-state index contributed by atoms with van der Waals surface area (Å²) < 4.78 is 22.3. The van der Waals surface area contributed by atoms with Crippen molar-refractivity contribution in [2.75, 3.05) is 27.1 Å². The van der Waals surface area contributed by atoms with Gasteiger partial charge in [0.1, 0.15) is 17.2 Å². The summed E-state index contributed by atoms with van der Waals surface area (Å²) in [4.78, 5) is 0. The molecule has 0 bridgehead atoms. The van der Waals surface area contributed by atoms with Crippen molar-refractivity contribution in [1.82, 2.24) is 0 Å². The molecule has 1 unspecified atom stereocenters. The molecular weight excluding hydrogens is 332 g/mol. The molecule has 1 rings (SSSR count). The molecule has 6 heteroatoms. The van der Waals surface area contributed by atoms with Gasteiger partial charge in [-0.05, 0) is 32.0 Å². The largest absolute Gasteiger partial charge is 0.496 e. The Hall–Kier alpha value is -1.58. The van der Waals surface area contributed by atoms with Crippen LogP contribution in [0.25, 0.3) is 0 Å². The van der Waals surface area contributed by atoms with Gasteiger partial charge in [0.05, 0.1) is 33.2 Å². The van der Waals surface area contributed by atoms with Crippen LogP contribution in [0.4, 0.5) is 0 Å². The Balaban J connectivity index is 2.73. The van der Waals surface area contributed by atoms with Crippen LogP contribution >= 0.6 is 24.0 Å². The van der Waals surface area contributed by atoms with Crippen molar-refractivity contribution in [2.45, 2.75) is 25.9 Å². The van der Waals surface area contributed by atoms with E-state index in [1.54, 1.807) is 21.3 Å². The minimum absolute atomic E-state index is 0.0238. The van der Waals surface area contributed by atoms with Gasteiger partial charge in [-0.3, -0.25) is 0 Å². The third-order valence-corrected chi connectivity index (χ3v) is 4.28. The molecule has 126 valence electrons. The van der Waals surface area contributed by atoms with Gasteiger partial charge in [-0.25, -0.2) is 0 Å². The second-order valence-electron chi connectivity index (χ2n) is 4.72. The number of hydrogen-bond donors (Lipinski definition) is 0. The molecule has 0 saturated heterocycles. The lowest BCUT2D eigenvalue weighted by molar-refractivity contribution is 0.210. The van der Waals surface area contributed by atoms with Gasteiger partial charge in [-0.2, -0.15) is 0 Å². The smallest absolute Gasteiger partial charge is 0.221 e. The normalized spacial score (nSPS) is 11.3. The fourth-order valence-corrected chi connectivity index (χ4v) is 2.80. The molecule has 1 atom stereocenters. The van der Waals surface area contributed by atoms with Gasteiger partial charge in [0.25, 0.3) is 0 Å². The van der Waals surface area contributed by atoms with Gasteiger partial charge in [0.2, 0.25) is 4.38 Å². The zero-order valence-electron chi connectivity index (χ0n) is 13.9. The average molecular weight is 354 g/mol. The third-order valence-electron chi connectivity index (χ3n) is 3.19. The highest BCUT2D eigenvalue weighted by Gasteiger charge is 2.15. The van der Waals surface area contributed by atoms with Crippen LogP contribution in [0.1, 0.15) is 18.9 Å². The van der Waals surface area contributed by atoms with Crippen LogP contribution in [0.2, 0.25) is 0 Å². The molecule has 23 heavy (non-hydrogen) atoms. The fourth-order valence-electron chi connectivity index (χ4n) is 2.03. The van der Waals surface area contributed by atoms with E-state index in [-0.39, 0.29) is 6.10 Å². The van der Waals surface area contributed by atoms with Crippen molar-refractivity contribution in [2.24, 2.45) is 0 Å². The van der Waals surface area contributed by atoms with E-state index in [1.807, 2.05) is 19.1 Å². The average Bonchev–Trinajstić information content (AvgIpc) is 2.57. The van der Waals surface area contributed by atoms with Crippen molar-refractivity contribution in [1.29, 1.82) is 0 Å². The van der Waals surface area contributed by atoms with E-state index in [9.17, 15) is 0 Å². The number of rotatable bonds is 8. The van der Waals surface area contributed by atoms with Gasteiger partial charge in [-0.15, -0.1) is 6.42 Å². The van der Waals surface area contributed by atoms with Crippen LogP contribution in [-0.4, -0.2) is 37.6 Å².